The quantitative estimate of drug-likeness (QED) is 0.112. The van der Waals surface area contributed by atoms with Gasteiger partial charge < -0.3 is 19.7 Å². The largest absolute Gasteiger partial charge is 2.00 e. The molecule has 206 valence electrons. The van der Waals surface area contributed by atoms with Gasteiger partial charge in [0, 0.05) is 12.8 Å². The van der Waals surface area contributed by atoms with Crippen molar-refractivity contribution in [1.29, 1.82) is 0 Å². The molecule has 0 saturated heterocycles. The summed E-state index contributed by atoms with van der Waals surface area (Å²) in [7, 11) is 0. The zero-order valence-corrected chi connectivity index (χ0v) is 23.4. The number of hydrogen-bond acceptors (Lipinski definition) is 6. The van der Waals surface area contributed by atoms with Crippen LogP contribution < -0.4 is 10.2 Å². The smallest absolute Gasteiger partial charge is 0.875 e. The predicted molar refractivity (Wildman–Crippen MR) is 139 cm³/mol. The normalized spacial score (nSPS) is 12.7. The molecule has 0 atom stereocenters. The summed E-state index contributed by atoms with van der Waals surface area (Å²) in [5.74, 6) is 0.187. The van der Waals surface area contributed by atoms with Gasteiger partial charge in [-0.15, -0.1) is 11.5 Å². The van der Waals surface area contributed by atoms with Crippen molar-refractivity contribution in [1.82, 2.24) is 0 Å². The second-order valence-corrected chi connectivity index (χ2v) is 8.63. The van der Waals surface area contributed by atoms with E-state index in [0.29, 0.717) is 38.9 Å². The molecule has 0 radical (unpaired) electrons. The van der Waals surface area contributed by atoms with Gasteiger partial charge in [-0.1, -0.05) is 87.1 Å². The fraction of sp³-hybridized carbons (Fsp3) is 0.533. The van der Waals surface area contributed by atoms with Crippen LogP contribution in [-0.2, 0) is 36.1 Å². The standard InChI is InChI=1S/2C15H22O3.Fe/c2*1-2-18-15(17)12-6-4-3-5-11-14(16)13-9-7-8-10-13;/h2*7-10,16H,2-6,11-12H2,1H3;/q;;+2/p-2. The molecule has 2 rings (SSSR count). The van der Waals surface area contributed by atoms with Gasteiger partial charge in [0.25, 0.3) is 0 Å². The van der Waals surface area contributed by atoms with Crippen molar-refractivity contribution >= 4 is 11.9 Å². The van der Waals surface area contributed by atoms with Gasteiger partial charge in [0.15, 0.2) is 0 Å². The molecule has 0 aliphatic heterocycles. The Morgan fingerprint density at radius 1 is 0.568 bits per heavy atom. The molecule has 0 N–H and O–H groups in total. The molecular formula is C30H42FeO6. The first kappa shape index (κ1) is 34.5. The Bertz CT molecular complexity index is 750. The summed E-state index contributed by atoms with van der Waals surface area (Å²) in [6.07, 6.45) is 24.5. The molecule has 0 aromatic carbocycles. The fourth-order valence-electron chi connectivity index (χ4n) is 3.69. The van der Waals surface area contributed by atoms with Crippen molar-refractivity contribution in [3.8, 4) is 0 Å². The second kappa shape index (κ2) is 22.7. The van der Waals surface area contributed by atoms with Gasteiger partial charge in [-0.2, -0.15) is 0 Å². The molecule has 37 heavy (non-hydrogen) atoms. The third kappa shape index (κ3) is 17.6. The van der Waals surface area contributed by atoms with Crippen LogP contribution in [-0.4, -0.2) is 25.2 Å². The molecule has 0 bridgehead atoms. The van der Waals surface area contributed by atoms with E-state index >= 15 is 0 Å². The van der Waals surface area contributed by atoms with E-state index in [2.05, 4.69) is 0 Å². The maximum absolute atomic E-state index is 11.7. The zero-order chi connectivity index (χ0) is 26.4. The molecule has 0 heterocycles. The molecule has 0 saturated carbocycles. The number of allylic oxidation sites excluding steroid dienone is 12. The first-order valence-electron chi connectivity index (χ1n) is 13.3. The summed E-state index contributed by atoms with van der Waals surface area (Å²) in [6, 6.07) is 0. The number of rotatable bonds is 16. The minimum absolute atomic E-state index is 0. The molecule has 0 unspecified atom stereocenters. The van der Waals surface area contributed by atoms with Crippen LogP contribution in [0.15, 0.2) is 71.3 Å². The van der Waals surface area contributed by atoms with Gasteiger partial charge in [0.2, 0.25) is 0 Å². The average molecular weight is 555 g/mol. The van der Waals surface area contributed by atoms with Gasteiger partial charge in [0.05, 0.1) is 13.2 Å². The summed E-state index contributed by atoms with van der Waals surface area (Å²) in [6.45, 7) is 4.53. The van der Waals surface area contributed by atoms with Crippen LogP contribution in [0.4, 0.5) is 0 Å². The molecule has 2 aliphatic carbocycles. The summed E-state index contributed by atoms with van der Waals surface area (Å²) >= 11 is 0. The molecule has 0 aromatic rings. The van der Waals surface area contributed by atoms with Gasteiger partial charge in [0.1, 0.15) is 0 Å². The van der Waals surface area contributed by atoms with Crippen molar-refractivity contribution in [2.45, 2.75) is 90.9 Å². The monoisotopic (exact) mass is 554 g/mol. The van der Waals surface area contributed by atoms with Crippen molar-refractivity contribution in [3.63, 3.8) is 0 Å². The van der Waals surface area contributed by atoms with E-state index in [-0.39, 0.29) is 40.5 Å². The zero-order valence-electron chi connectivity index (χ0n) is 22.3. The molecule has 7 heteroatoms. The summed E-state index contributed by atoms with van der Waals surface area (Å²) in [5.41, 5.74) is 1.61. The SMILES string of the molecule is CCOC(=O)CCCCCCC([O-])=C1C=CC=C1.CCOC(=O)CCCCCCC([O-])=C1C=CC=C1.[Fe+2]. The Balaban J connectivity index is 0.000000682. The molecule has 6 nitrogen and oxygen atoms in total. The van der Waals surface area contributed by atoms with E-state index in [4.69, 9.17) is 9.47 Å². The van der Waals surface area contributed by atoms with Crippen molar-refractivity contribution in [3.05, 3.63) is 71.3 Å². The molecule has 2 aliphatic rings. The second-order valence-electron chi connectivity index (χ2n) is 8.63. The summed E-state index contributed by atoms with van der Waals surface area (Å²) < 4.78 is 9.69. The minimum atomic E-state index is -0.120. The van der Waals surface area contributed by atoms with Crippen LogP contribution in [0, 0.1) is 0 Å². The van der Waals surface area contributed by atoms with Crippen LogP contribution in [0.3, 0.4) is 0 Å². The summed E-state index contributed by atoms with van der Waals surface area (Å²) in [5, 5.41) is 23.3. The Labute approximate surface area is 233 Å². The van der Waals surface area contributed by atoms with Gasteiger partial charge in [-0.05, 0) is 50.7 Å². The third-order valence-electron chi connectivity index (χ3n) is 5.65. The van der Waals surface area contributed by atoms with Crippen LogP contribution in [0.5, 0.6) is 0 Å². The number of ether oxygens (including phenoxy) is 2. The number of unbranched alkanes of at least 4 members (excludes halogenated alkanes) is 6. The Hall–Kier alpha value is -2.50. The Morgan fingerprint density at radius 3 is 1.16 bits per heavy atom. The topological polar surface area (TPSA) is 98.7 Å². The van der Waals surface area contributed by atoms with E-state index in [1.54, 1.807) is 0 Å². The van der Waals surface area contributed by atoms with Crippen LogP contribution >= 0.6 is 0 Å². The maximum Gasteiger partial charge on any atom is 2.00 e. The van der Waals surface area contributed by atoms with Crippen molar-refractivity contribution < 1.29 is 46.3 Å². The number of hydrogen-bond donors (Lipinski definition) is 0. The number of carbonyl (C=O) groups is 2. The predicted octanol–water partition coefficient (Wildman–Crippen LogP) is 5.26. The number of esters is 2. The van der Waals surface area contributed by atoms with Crippen molar-refractivity contribution in [2.24, 2.45) is 0 Å². The van der Waals surface area contributed by atoms with Crippen LogP contribution in [0.2, 0.25) is 0 Å². The van der Waals surface area contributed by atoms with E-state index in [0.717, 1.165) is 62.5 Å². The van der Waals surface area contributed by atoms with Gasteiger partial charge in [-0.3, -0.25) is 9.59 Å². The average Bonchev–Trinajstić information content (AvgIpc) is 3.59. The first-order chi connectivity index (χ1) is 17.5. The molecular weight excluding hydrogens is 512 g/mol. The van der Waals surface area contributed by atoms with Crippen molar-refractivity contribution in [2.75, 3.05) is 13.2 Å². The first-order valence-corrected chi connectivity index (χ1v) is 13.3. The fourth-order valence-corrected chi connectivity index (χ4v) is 3.69. The van der Waals surface area contributed by atoms with E-state index in [1.807, 2.05) is 62.5 Å². The Morgan fingerprint density at radius 2 is 0.865 bits per heavy atom. The minimum Gasteiger partial charge on any atom is -0.875 e. The van der Waals surface area contributed by atoms with Crippen LogP contribution in [0.25, 0.3) is 0 Å². The van der Waals surface area contributed by atoms with E-state index in [9.17, 15) is 19.8 Å². The summed E-state index contributed by atoms with van der Waals surface area (Å²) in [4.78, 5) is 22.1. The van der Waals surface area contributed by atoms with E-state index in [1.165, 1.54) is 0 Å². The number of carbonyl (C=O) groups excluding carboxylic acids is 2. The van der Waals surface area contributed by atoms with Crippen LogP contribution in [0.1, 0.15) is 90.9 Å². The van der Waals surface area contributed by atoms with Gasteiger partial charge >= 0.3 is 29.0 Å². The molecule has 0 amide bonds. The third-order valence-corrected chi connectivity index (χ3v) is 5.65. The molecule has 0 aromatic heterocycles. The maximum atomic E-state index is 11.7. The molecule has 0 fully saturated rings. The Kier molecular flexibility index (Phi) is 21.1. The molecule has 0 spiro atoms. The van der Waals surface area contributed by atoms with Gasteiger partial charge in [-0.25, -0.2) is 0 Å². The van der Waals surface area contributed by atoms with E-state index < -0.39 is 0 Å².